The summed E-state index contributed by atoms with van der Waals surface area (Å²) in [5.74, 6) is 1.22. The fraction of sp³-hybridized carbons (Fsp3) is 0.227. The van der Waals surface area contributed by atoms with Gasteiger partial charge in [-0.25, -0.2) is 0 Å². The van der Waals surface area contributed by atoms with Crippen LogP contribution < -0.4 is 10.1 Å². The Bertz CT molecular complexity index is 980. The molecule has 1 aliphatic rings. The van der Waals surface area contributed by atoms with Crippen LogP contribution in [0.3, 0.4) is 0 Å². The SMILES string of the molecule is COc1ccc(C)cc1/C=C/C(=O)N1CSCC1C(=O)Nc1ccc(C#N)cc1. The molecule has 1 heterocycles. The van der Waals surface area contributed by atoms with Gasteiger partial charge in [0.2, 0.25) is 11.8 Å². The first kappa shape index (κ1) is 20.5. The lowest BCUT2D eigenvalue weighted by Crippen LogP contribution is -2.43. The van der Waals surface area contributed by atoms with Gasteiger partial charge in [0.05, 0.1) is 24.6 Å². The van der Waals surface area contributed by atoms with Crippen LogP contribution in [0.25, 0.3) is 6.08 Å². The fourth-order valence-corrected chi connectivity index (χ4v) is 4.14. The number of benzene rings is 2. The molecule has 2 amide bonds. The molecule has 0 bridgehead atoms. The van der Waals surface area contributed by atoms with Crippen molar-refractivity contribution in [3.8, 4) is 11.8 Å². The number of aryl methyl sites for hydroxylation is 1. The summed E-state index contributed by atoms with van der Waals surface area (Å²) in [6, 6.07) is 13.9. The van der Waals surface area contributed by atoms with Crippen LogP contribution in [-0.4, -0.2) is 41.5 Å². The van der Waals surface area contributed by atoms with E-state index in [1.165, 1.54) is 17.8 Å². The Hall–Kier alpha value is -3.24. The quantitative estimate of drug-likeness (QED) is 0.768. The number of rotatable bonds is 5. The van der Waals surface area contributed by atoms with E-state index in [0.29, 0.717) is 28.6 Å². The van der Waals surface area contributed by atoms with Crippen molar-refractivity contribution in [2.75, 3.05) is 24.1 Å². The van der Waals surface area contributed by atoms with Gasteiger partial charge in [-0.05, 0) is 49.4 Å². The summed E-state index contributed by atoms with van der Waals surface area (Å²) < 4.78 is 5.34. The zero-order valence-electron chi connectivity index (χ0n) is 16.2. The summed E-state index contributed by atoms with van der Waals surface area (Å²) in [4.78, 5) is 27.0. The van der Waals surface area contributed by atoms with Crippen LogP contribution in [0, 0.1) is 18.3 Å². The van der Waals surface area contributed by atoms with Crippen LogP contribution in [0.4, 0.5) is 5.69 Å². The standard InChI is InChI=1S/C22H21N3O3S/c1-15-3-9-20(28-2)17(11-15)6-10-21(26)25-14-29-13-19(25)22(27)24-18-7-4-16(12-23)5-8-18/h3-11,19H,13-14H2,1-2H3,(H,24,27)/b10-6+. The van der Waals surface area contributed by atoms with Crippen molar-refractivity contribution in [2.24, 2.45) is 0 Å². The topological polar surface area (TPSA) is 82.4 Å². The number of hydrogen-bond acceptors (Lipinski definition) is 5. The molecule has 1 atom stereocenters. The van der Waals surface area contributed by atoms with E-state index in [-0.39, 0.29) is 11.8 Å². The Balaban J connectivity index is 1.69. The minimum atomic E-state index is -0.549. The summed E-state index contributed by atoms with van der Waals surface area (Å²) in [6.07, 6.45) is 3.19. The van der Waals surface area contributed by atoms with E-state index >= 15 is 0 Å². The molecule has 1 saturated heterocycles. The van der Waals surface area contributed by atoms with Crippen LogP contribution in [0.2, 0.25) is 0 Å². The molecule has 7 heteroatoms. The molecule has 1 aliphatic heterocycles. The van der Waals surface area contributed by atoms with Gasteiger partial charge >= 0.3 is 0 Å². The third-order valence-electron chi connectivity index (χ3n) is 4.54. The number of amides is 2. The molecule has 1 unspecified atom stereocenters. The second-order valence-electron chi connectivity index (χ2n) is 6.58. The Kier molecular flexibility index (Phi) is 6.57. The lowest BCUT2D eigenvalue weighted by Gasteiger charge is -2.21. The van der Waals surface area contributed by atoms with Crippen LogP contribution >= 0.6 is 11.8 Å². The molecule has 0 saturated carbocycles. The average molecular weight is 407 g/mol. The third-order valence-corrected chi connectivity index (χ3v) is 5.55. The van der Waals surface area contributed by atoms with Crippen molar-refractivity contribution in [2.45, 2.75) is 13.0 Å². The highest BCUT2D eigenvalue weighted by Crippen LogP contribution is 2.24. The third kappa shape index (κ3) is 4.98. The summed E-state index contributed by atoms with van der Waals surface area (Å²) in [5.41, 5.74) is 2.99. The number of anilines is 1. The number of nitrogens with zero attached hydrogens (tertiary/aromatic N) is 2. The molecule has 0 aliphatic carbocycles. The minimum Gasteiger partial charge on any atom is -0.496 e. The lowest BCUT2D eigenvalue weighted by molar-refractivity contribution is -0.132. The van der Waals surface area contributed by atoms with Gasteiger partial charge in [0, 0.05) is 23.1 Å². The molecule has 2 aromatic rings. The average Bonchev–Trinajstić information content (AvgIpc) is 3.23. The van der Waals surface area contributed by atoms with E-state index in [9.17, 15) is 9.59 Å². The summed E-state index contributed by atoms with van der Waals surface area (Å²) in [7, 11) is 1.59. The van der Waals surface area contributed by atoms with E-state index in [4.69, 9.17) is 10.00 Å². The van der Waals surface area contributed by atoms with Crippen LogP contribution in [0.15, 0.2) is 48.5 Å². The van der Waals surface area contributed by atoms with Gasteiger partial charge < -0.3 is 15.0 Å². The maximum atomic E-state index is 12.7. The zero-order chi connectivity index (χ0) is 20.8. The van der Waals surface area contributed by atoms with E-state index < -0.39 is 6.04 Å². The first-order chi connectivity index (χ1) is 14.0. The van der Waals surface area contributed by atoms with Crippen LogP contribution in [-0.2, 0) is 9.59 Å². The number of ether oxygens (including phenoxy) is 1. The number of methoxy groups -OCH3 is 1. The molecule has 148 valence electrons. The Morgan fingerprint density at radius 3 is 2.72 bits per heavy atom. The second-order valence-corrected chi connectivity index (χ2v) is 7.58. The maximum Gasteiger partial charge on any atom is 0.248 e. The normalized spacial score (nSPS) is 15.9. The number of carbonyl (C=O) groups excluding carboxylic acids is 2. The van der Waals surface area contributed by atoms with Gasteiger partial charge in [-0.1, -0.05) is 11.6 Å². The lowest BCUT2D eigenvalue weighted by atomic mass is 10.1. The monoisotopic (exact) mass is 407 g/mol. The number of thioether (sulfide) groups is 1. The maximum absolute atomic E-state index is 12.7. The molecular weight excluding hydrogens is 386 g/mol. The van der Waals surface area contributed by atoms with E-state index in [1.807, 2.05) is 31.2 Å². The highest BCUT2D eigenvalue weighted by atomic mass is 32.2. The van der Waals surface area contributed by atoms with Crippen molar-refractivity contribution in [1.82, 2.24) is 4.90 Å². The van der Waals surface area contributed by atoms with Crippen molar-refractivity contribution in [3.05, 3.63) is 65.2 Å². The fourth-order valence-electron chi connectivity index (χ4n) is 2.97. The molecule has 6 nitrogen and oxygen atoms in total. The van der Waals surface area contributed by atoms with Gasteiger partial charge in [0.25, 0.3) is 0 Å². The Morgan fingerprint density at radius 2 is 2.03 bits per heavy atom. The molecule has 29 heavy (non-hydrogen) atoms. The first-order valence-corrected chi connectivity index (χ1v) is 10.2. The predicted octanol–water partition coefficient (Wildman–Crippen LogP) is 3.43. The number of hydrogen-bond donors (Lipinski definition) is 1. The molecule has 3 rings (SSSR count). The molecule has 0 aromatic heterocycles. The molecule has 0 radical (unpaired) electrons. The molecule has 2 aromatic carbocycles. The van der Waals surface area contributed by atoms with Gasteiger partial charge in [-0.3, -0.25) is 9.59 Å². The van der Waals surface area contributed by atoms with Gasteiger partial charge in [0.15, 0.2) is 0 Å². The summed E-state index contributed by atoms with van der Waals surface area (Å²) in [6.45, 7) is 1.97. The molecule has 0 spiro atoms. The van der Waals surface area contributed by atoms with Crippen LogP contribution in [0.1, 0.15) is 16.7 Å². The smallest absolute Gasteiger partial charge is 0.248 e. The number of carbonyl (C=O) groups is 2. The number of nitriles is 1. The van der Waals surface area contributed by atoms with Gasteiger partial charge in [0.1, 0.15) is 11.8 Å². The van der Waals surface area contributed by atoms with E-state index in [0.717, 1.165) is 11.1 Å². The highest BCUT2D eigenvalue weighted by molar-refractivity contribution is 7.99. The number of nitrogens with one attached hydrogen (secondary N) is 1. The van der Waals surface area contributed by atoms with Crippen molar-refractivity contribution < 1.29 is 14.3 Å². The first-order valence-electron chi connectivity index (χ1n) is 9.04. The highest BCUT2D eigenvalue weighted by Gasteiger charge is 2.33. The Morgan fingerprint density at radius 1 is 1.28 bits per heavy atom. The molecular formula is C22H21N3O3S. The summed E-state index contributed by atoms with van der Waals surface area (Å²) in [5, 5.41) is 11.7. The minimum absolute atomic E-state index is 0.224. The van der Waals surface area contributed by atoms with Crippen molar-refractivity contribution in [3.63, 3.8) is 0 Å². The second kappa shape index (κ2) is 9.30. The largest absolute Gasteiger partial charge is 0.496 e. The van der Waals surface area contributed by atoms with Gasteiger partial charge in [-0.15, -0.1) is 11.8 Å². The van der Waals surface area contributed by atoms with E-state index in [1.54, 1.807) is 42.4 Å². The molecule has 1 fully saturated rings. The van der Waals surface area contributed by atoms with Crippen molar-refractivity contribution in [1.29, 1.82) is 5.26 Å². The van der Waals surface area contributed by atoms with E-state index in [2.05, 4.69) is 5.32 Å². The van der Waals surface area contributed by atoms with Crippen LogP contribution in [0.5, 0.6) is 5.75 Å². The Labute approximate surface area is 174 Å². The predicted molar refractivity (Wildman–Crippen MR) is 115 cm³/mol. The zero-order valence-corrected chi connectivity index (χ0v) is 17.0. The van der Waals surface area contributed by atoms with Crippen molar-refractivity contribution >= 4 is 35.3 Å². The molecule has 1 N–H and O–H groups in total. The van der Waals surface area contributed by atoms with Gasteiger partial charge in [-0.2, -0.15) is 5.26 Å². The summed E-state index contributed by atoms with van der Waals surface area (Å²) >= 11 is 1.54.